The smallest absolute Gasteiger partial charge is 0.246 e. The number of amides is 1. The van der Waals surface area contributed by atoms with E-state index in [1.54, 1.807) is 0 Å². The van der Waals surface area contributed by atoms with Gasteiger partial charge in [-0.15, -0.1) is 0 Å². The largest absolute Gasteiger partial charge is 0.273 e. The van der Waals surface area contributed by atoms with Crippen LogP contribution in [0.15, 0.2) is 12.2 Å². The molecule has 0 saturated carbocycles. The molecular formula is C9H13NO2. The van der Waals surface area contributed by atoms with E-state index in [1.165, 1.54) is 5.06 Å². The topological polar surface area (TPSA) is 29.5 Å². The highest BCUT2D eigenvalue weighted by Gasteiger charge is 2.33. The first-order valence-electron chi connectivity index (χ1n) is 4.40. The van der Waals surface area contributed by atoms with Crippen molar-refractivity contribution in [3.05, 3.63) is 12.2 Å². The lowest BCUT2D eigenvalue weighted by Crippen LogP contribution is -2.48. The highest BCUT2D eigenvalue weighted by Crippen LogP contribution is 2.26. The number of carbonyl (C=O) groups excluding carboxylic acids is 1. The van der Waals surface area contributed by atoms with Crippen molar-refractivity contribution in [3.8, 4) is 0 Å². The fourth-order valence-electron chi connectivity index (χ4n) is 1.77. The second-order valence-corrected chi connectivity index (χ2v) is 3.45. The van der Waals surface area contributed by atoms with Crippen molar-refractivity contribution in [1.29, 1.82) is 0 Å². The highest BCUT2D eigenvalue weighted by atomic mass is 16.7. The summed E-state index contributed by atoms with van der Waals surface area (Å²) in [6, 6.07) is 0.181. The first-order valence-corrected chi connectivity index (χ1v) is 4.40. The Labute approximate surface area is 71.9 Å². The average molecular weight is 167 g/mol. The summed E-state index contributed by atoms with van der Waals surface area (Å²) in [4.78, 5) is 16.6. The molecule has 66 valence electrons. The lowest BCUT2D eigenvalue weighted by Gasteiger charge is -2.38. The molecule has 0 radical (unpaired) electrons. The van der Waals surface area contributed by atoms with Crippen molar-refractivity contribution in [2.75, 3.05) is 6.61 Å². The summed E-state index contributed by atoms with van der Waals surface area (Å²) in [6.07, 6.45) is 5.67. The molecule has 0 aromatic rings. The second-order valence-electron chi connectivity index (χ2n) is 3.45. The van der Waals surface area contributed by atoms with Crippen molar-refractivity contribution < 1.29 is 9.63 Å². The van der Waals surface area contributed by atoms with E-state index in [2.05, 4.69) is 13.0 Å². The number of piperidine rings is 1. The van der Waals surface area contributed by atoms with Crippen LogP contribution in [0.25, 0.3) is 0 Å². The number of carbonyl (C=O) groups is 1. The van der Waals surface area contributed by atoms with E-state index in [-0.39, 0.29) is 11.9 Å². The van der Waals surface area contributed by atoms with E-state index < -0.39 is 0 Å². The molecule has 0 aromatic carbocycles. The molecule has 0 aliphatic carbocycles. The third-order valence-electron chi connectivity index (χ3n) is 2.56. The molecule has 0 N–H and O–H groups in total. The predicted molar refractivity (Wildman–Crippen MR) is 44.1 cm³/mol. The third kappa shape index (κ3) is 1.14. The van der Waals surface area contributed by atoms with Crippen molar-refractivity contribution >= 4 is 5.91 Å². The predicted octanol–water partition coefficient (Wildman–Crippen LogP) is 1.11. The molecule has 2 aliphatic rings. The quantitative estimate of drug-likeness (QED) is 0.506. The highest BCUT2D eigenvalue weighted by molar-refractivity contribution is 5.76. The molecule has 0 bridgehead atoms. The van der Waals surface area contributed by atoms with Gasteiger partial charge in [0.15, 0.2) is 0 Å². The Kier molecular flexibility index (Phi) is 1.89. The molecule has 1 amide bonds. The Morgan fingerprint density at radius 3 is 3.25 bits per heavy atom. The molecule has 0 aromatic heterocycles. The van der Waals surface area contributed by atoms with Gasteiger partial charge in [0.1, 0.15) is 0 Å². The lowest BCUT2D eigenvalue weighted by atomic mass is 9.91. The Morgan fingerprint density at radius 2 is 2.50 bits per heavy atom. The van der Waals surface area contributed by atoms with Gasteiger partial charge in [-0.2, -0.15) is 0 Å². The number of rotatable bonds is 0. The van der Waals surface area contributed by atoms with Crippen LogP contribution in [0.5, 0.6) is 0 Å². The van der Waals surface area contributed by atoms with Gasteiger partial charge >= 0.3 is 0 Å². The summed E-state index contributed by atoms with van der Waals surface area (Å²) in [5, 5.41) is 1.54. The SMILES string of the molecule is C[C@@H]1CCC(=O)N2OCC=C[C@@H]12. The molecule has 2 aliphatic heterocycles. The van der Waals surface area contributed by atoms with Gasteiger partial charge in [0, 0.05) is 6.42 Å². The summed E-state index contributed by atoms with van der Waals surface area (Å²) in [5.74, 6) is 0.654. The van der Waals surface area contributed by atoms with E-state index in [0.29, 0.717) is 18.9 Å². The van der Waals surface area contributed by atoms with Crippen LogP contribution in [0.1, 0.15) is 19.8 Å². The Bertz CT molecular complexity index is 225. The molecule has 3 heteroatoms. The number of nitrogens with zero attached hydrogens (tertiary/aromatic N) is 1. The van der Waals surface area contributed by atoms with E-state index in [4.69, 9.17) is 4.84 Å². The maximum absolute atomic E-state index is 11.3. The molecule has 0 spiro atoms. The maximum atomic E-state index is 11.3. The third-order valence-corrected chi connectivity index (χ3v) is 2.56. The van der Waals surface area contributed by atoms with Crippen molar-refractivity contribution in [2.45, 2.75) is 25.8 Å². The van der Waals surface area contributed by atoms with Crippen LogP contribution in [0, 0.1) is 5.92 Å². The fourth-order valence-corrected chi connectivity index (χ4v) is 1.77. The van der Waals surface area contributed by atoms with Crippen molar-refractivity contribution in [3.63, 3.8) is 0 Å². The fraction of sp³-hybridized carbons (Fsp3) is 0.667. The molecule has 2 atom stereocenters. The molecule has 3 nitrogen and oxygen atoms in total. The van der Waals surface area contributed by atoms with Crippen LogP contribution in [-0.2, 0) is 9.63 Å². The van der Waals surface area contributed by atoms with Gasteiger partial charge in [0.2, 0.25) is 5.91 Å². The van der Waals surface area contributed by atoms with Crippen molar-refractivity contribution in [1.82, 2.24) is 5.06 Å². The van der Waals surface area contributed by atoms with Crippen molar-refractivity contribution in [2.24, 2.45) is 5.92 Å². The van der Waals surface area contributed by atoms with E-state index in [1.807, 2.05) is 6.08 Å². The van der Waals surface area contributed by atoms with Crippen LogP contribution in [0.3, 0.4) is 0 Å². The molecule has 0 unspecified atom stereocenters. The monoisotopic (exact) mass is 167 g/mol. The molecule has 1 saturated heterocycles. The van der Waals surface area contributed by atoms with Crippen LogP contribution in [0.2, 0.25) is 0 Å². The molecule has 2 heterocycles. The molecule has 1 fully saturated rings. The Hall–Kier alpha value is -0.830. The molecule has 2 rings (SSSR count). The summed E-state index contributed by atoms with van der Waals surface area (Å²) in [7, 11) is 0. The van der Waals surface area contributed by atoms with Gasteiger partial charge in [0.05, 0.1) is 12.6 Å². The van der Waals surface area contributed by atoms with Gasteiger partial charge in [-0.3, -0.25) is 9.63 Å². The summed E-state index contributed by atoms with van der Waals surface area (Å²) >= 11 is 0. The lowest BCUT2D eigenvalue weighted by molar-refractivity contribution is -0.206. The van der Waals surface area contributed by atoms with Crippen LogP contribution in [0.4, 0.5) is 0 Å². The summed E-state index contributed by atoms with van der Waals surface area (Å²) in [6.45, 7) is 2.69. The minimum Gasteiger partial charge on any atom is -0.273 e. The average Bonchev–Trinajstić information content (AvgIpc) is 2.12. The normalized spacial score (nSPS) is 35.1. The van der Waals surface area contributed by atoms with Crippen LogP contribution in [-0.4, -0.2) is 23.6 Å². The molecule has 12 heavy (non-hydrogen) atoms. The minimum absolute atomic E-state index is 0.127. The van der Waals surface area contributed by atoms with Crippen LogP contribution < -0.4 is 0 Å². The number of hydroxylamine groups is 2. The first-order chi connectivity index (χ1) is 5.79. The Morgan fingerprint density at radius 1 is 1.67 bits per heavy atom. The standard InChI is InChI=1S/C9H13NO2/c1-7-4-5-9(11)10-8(7)3-2-6-12-10/h2-3,7-8H,4-6H2,1H3/t7-,8+/m1/s1. The van der Waals surface area contributed by atoms with E-state index >= 15 is 0 Å². The minimum atomic E-state index is 0.127. The Balaban J connectivity index is 2.20. The van der Waals surface area contributed by atoms with Gasteiger partial charge in [0.25, 0.3) is 0 Å². The second kappa shape index (κ2) is 2.90. The number of fused-ring (bicyclic) bond motifs is 1. The van der Waals surface area contributed by atoms with Gasteiger partial charge in [-0.05, 0) is 12.3 Å². The maximum Gasteiger partial charge on any atom is 0.246 e. The van der Waals surface area contributed by atoms with Crippen LogP contribution >= 0.6 is 0 Å². The van der Waals surface area contributed by atoms with E-state index in [0.717, 1.165) is 6.42 Å². The van der Waals surface area contributed by atoms with E-state index in [9.17, 15) is 4.79 Å². The summed E-state index contributed by atoms with van der Waals surface area (Å²) in [5.41, 5.74) is 0. The zero-order valence-corrected chi connectivity index (χ0v) is 7.19. The molecular weight excluding hydrogens is 154 g/mol. The zero-order chi connectivity index (χ0) is 8.55. The zero-order valence-electron chi connectivity index (χ0n) is 7.19. The first kappa shape index (κ1) is 7.80. The number of hydrogen-bond acceptors (Lipinski definition) is 2. The van der Waals surface area contributed by atoms with Gasteiger partial charge in [-0.25, -0.2) is 5.06 Å². The van der Waals surface area contributed by atoms with Gasteiger partial charge < -0.3 is 0 Å². The number of hydrogen-bond donors (Lipinski definition) is 0. The van der Waals surface area contributed by atoms with Gasteiger partial charge in [-0.1, -0.05) is 19.1 Å². The summed E-state index contributed by atoms with van der Waals surface area (Å²) < 4.78 is 0.